The third-order valence-electron chi connectivity index (χ3n) is 6.60. The Morgan fingerprint density at radius 3 is 2.64 bits per heavy atom. The van der Waals surface area contributed by atoms with Crippen LogP contribution in [0.25, 0.3) is 5.57 Å². The summed E-state index contributed by atoms with van der Waals surface area (Å²) >= 11 is 3.52. The minimum Gasteiger partial charge on any atom is -0.394 e. The van der Waals surface area contributed by atoms with Crippen LogP contribution >= 0.6 is 15.9 Å². The number of likely N-dealkylation sites (tertiary alicyclic amines) is 1. The number of fused-ring (bicyclic) bond motifs is 2. The lowest BCUT2D eigenvalue weighted by Crippen LogP contribution is -2.42. The summed E-state index contributed by atoms with van der Waals surface area (Å²) in [5.41, 5.74) is 5.42. The number of para-hydroxylation sites is 1. The summed E-state index contributed by atoms with van der Waals surface area (Å²) in [6, 6.07) is 14.4. The van der Waals surface area contributed by atoms with Crippen LogP contribution in [0, 0.1) is 0 Å². The molecule has 7 nitrogen and oxygen atoms in total. The number of carbonyl (C=O) groups is 1. The molecule has 172 valence electrons. The number of oxime groups is 1. The zero-order valence-corrected chi connectivity index (χ0v) is 20.5. The molecule has 2 aromatic carbocycles. The summed E-state index contributed by atoms with van der Waals surface area (Å²) in [4.78, 5) is 23.5. The van der Waals surface area contributed by atoms with E-state index in [4.69, 9.17) is 4.84 Å². The molecule has 8 heteroatoms. The highest BCUT2D eigenvalue weighted by Gasteiger charge is 2.34. The number of anilines is 2. The number of nitrogens with one attached hydrogen (secondary N) is 2. The maximum absolute atomic E-state index is 12.9. The van der Waals surface area contributed by atoms with E-state index >= 15 is 0 Å². The van der Waals surface area contributed by atoms with E-state index in [0.717, 1.165) is 46.6 Å². The van der Waals surface area contributed by atoms with Crippen LogP contribution in [0.2, 0.25) is 0 Å². The molecule has 3 aliphatic heterocycles. The fourth-order valence-electron chi connectivity index (χ4n) is 4.73. The molecule has 0 saturated carbocycles. The van der Waals surface area contributed by atoms with Crippen LogP contribution in [0.5, 0.6) is 0 Å². The number of nitrogens with zero attached hydrogens (tertiary/aromatic N) is 3. The predicted molar refractivity (Wildman–Crippen MR) is 135 cm³/mol. The third-order valence-corrected chi connectivity index (χ3v) is 7.09. The van der Waals surface area contributed by atoms with Crippen LogP contribution in [0.15, 0.2) is 57.8 Å². The van der Waals surface area contributed by atoms with Crippen LogP contribution in [-0.2, 0) is 9.63 Å². The molecule has 0 radical (unpaired) electrons. The van der Waals surface area contributed by atoms with Gasteiger partial charge in [-0.05, 0) is 64.3 Å². The van der Waals surface area contributed by atoms with Gasteiger partial charge in [0, 0.05) is 39.6 Å². The van der Waals surface area contributed by atoms with Crippen molar-refractivity contribution in [3.63, 3.8) is 0 Å². The fourth-order valence-corrected chi connectivity index (χ4v) is 5.09. The Morgan fingerprint density at radius 1 is 1.09 bits per heavy atom. The predicted octanol–water partition coefficient (Wildman–Crippen LogP) is 3.98. The number of hydrogen-bond acceptors (Lipinski definition) is 6. The molecule has 0 spiro atoms. The Hall–Kier alpha value is -2.68. The molecular formula is C25H28BrN5O2. The highest BCUT2D eigenvalue weighted by molar-refractivity contribution is 9.10. The first-order valence-electron chi connectivity index (χ1n) is 11.3. The van der Waals surface area contributed by atoms with E-state index in [1.165, 1.54) is 12.8 Å². The number of allylic oxidation sites excluding steroid dienone is 1. The Labute approximate surface area is 202 Å². The normalized spacial score (nSPS) is 21.8. The van der Waals surface area contributed by atoms with Gasteiger partial charge in [0.2, 0.25) is 0 Å². The SMILES string of the molecule is CN(C)C1CCN(CCO/N=C2/C(=C3/C(=O)Nc4ccc(Br)cc43)Nc3ccccc32)CC1. The minimum absolute atomic E-state index is 0.144. The van der Waals surface area contributed by atoms with E-state index in [1.807, 2.05) is 42.5 Å². The highest BCUT2D eigenvalue weighted by atomic mass is 79.9. The Kier molecular flexibility index (Phi) is 6.23. The van der Waals surface area contributed by atoms with Crippen molar-refractivity contribution in [2.24, 2.45) is 5.16 Å². The first-order chi connectivity index (χ1) is 16.0. The number of carbonyl (C=O) groups excluding carboxylic acids is 1. The molecular weight excluding hydrogens is 482 g/mol. The summed E-state index contributed by atoms with van der Waals surface area (Å²) in [6.07, 6.45) is 2.36. The van der Waals surface area contributed by atoms with Gasteiger partial charge in [-0.2, -0.15) is 0 Å². The molecule has 0 aliphatic carbocycles. The Morgan fingerprint density at radius 2 is 1.85 bits per heavy atom. The largest absolute Gasteiger partial charge is 0.394 e. The number of hydrogen-bond donors (Lipinski definition) is 2. The molecule has 1 saturated heterocycles. The monoisotopic (exact) mass is 509 g/mol. The lowest BCUT2D eigenvalue weighted by atomic mass is 10.0. The van der Waals surface area contributed by atoms with E-state index in [0.29, 0.717) is 29.6 Å². The van der Waals surface area contributed by atoms with Gasteiger partial charge in [0.25, 0.3) is 5.91 Å². The Bertz CT molecular complexity index is 1140. The van der Waals surface area contributed by atoms with Crippen molar-refractivity contribution in [1.82, 2.24) is 9.80 Å². The standard InChI is InChI=1S/C25H28BrN5O2/c1-30(2)17-9-11-31(12-10-17)13-14-33-29-23-18-5-3-4-6-20(18)27-24(23)22-19-15-16(26)7-8-21(19)28-25(22)32/h3-8,15,17,27H,9-14H2,1-2H3,(H,28,32)/b24-22-,29-23+. The first-order valence-corrected chi connectivity index (χ1v) is 12.1. The van der Waals surface area contributed by atoms with E-state index in [-0.39, 0.29) is 5.91 Å². The smallest absolute Gasteiger partial charge is 0.258 e. The van der Waals surface area contributed by atoms with Crippen LogP contribution in [0.4, 0.5) is 11.4 Å². The molecule has 3 heterocycles. The summed E-state index contributed by atoms with van der Waals surface area (Å²) in [5.74, 6) is -0.144. The fraction of sp³-hybridized carbons (Fsp3) is 0.360. The van der Waals surface area contributed by atoms with Gasteiger partial charge in [-0.25, -0.2) is 0 Å². The average Bonchev–Trinajstić information content (AvgIpc) is 3.33. The number of piperidine rings is 1. The molecule has 1 fully saturated rings. The quantitative estimate of drug-likeness (QED) is 0.362. The average molecular weight is 510 g/mol. The zero-order chi connectivity index (χ0) is 22.9. The van der Waals surface area contributed by atoms with Crippen molar-refractivity contribution in [2.75, 3.05) is 51.0 Å². The second-order valence-corrected chi connectivity index (χ2v) is 9.79. The van der Waals surface area contributed by atoms with Gasteiger partial charge in [-0.15, -0.1) is 0 Å². The number of amides is 1. The lowest BCUT2D eigenvalue weighted by Gasteiger charge is -2.34. The Balaban J connectivity index is 1.36. The number of benzene rings is 2. The van der Waals surface area contributed by atoms with Crippen LogP contribution in [0.1, 0.15) is 24.0 Å². The molecule has 0 atom stereocenters. The van der Waals surface area contributed by atoms with Gasteiger partial charge in [0.15, 0.2) is 0 Å². The van der Waals surface area contributed by atoms with Crippen molar-refractivity contribution in [3.8, 4) is 0 Å². The molecule has 33 heavy (non-hydrogen) atoms. The van der Waals surface area contributed by atoms with Crippen LogP contribution in [-0.4, -0.2) is 67.8 Å². The van der Waals surface area contributed by atoms with E-state index in [9.17, 15) is 4.79 Å². The molecule has 2 aromatic rings. The van der Waals surface area contributed by atoms with Crippen molar-refractivity contribution < 1.29 is 9.63 Å². The summed E-state index contributed by atoms with van der Waals surface area (Å²) in [7, 11) is 4.31. The van der Waals surface area contributed by atoms with E-state index in [1.54, 1.807) is 0 Å². The van der Waals surface area contributed by atoms with Crippen LogP contribution in [0.3, 0.4) is 0 Å². The number of halogens is 1. The lowest BCUT2D eigenvalue weighted by molar-refractivity contribution is -0.110. The van der Waals surface area contributed by atoms with E-state index in [2.05, 4.69) is 55.6 Å². The van der Waals surface area contributed by atoms with Crippen molar-refractivity contribution in [2.45, 2.75) is 18.9 Å². The third kappa shape index (κ3) is 4.43. The van der Waals surface area contributed by atoms with Gasteiger partial charge in [0.05, 0.1) is 11.3 Å². The van der Waals surface area contributed by atoms with Gasteiger partial charge in [0.1, 0.15) is 12.3 Å². The van der Waals surface area contributed by atoms with E-state index < -0.39 is 0 Å². The van der Waals surface area contributed by atoms with Crippen molar-refractivity contribution in [3.05, 3.63) is 63.8 Å². The second kappa shape index (κ2) is 9.29. The summed E-state index contributed by atoms with van der Waals surface area (Å²) in [5, 5.41) is 10.9. The topological polar surface area (TPSA) is 69.2 Å². The van der Waals surface area contributed by atoms with Gasteiger partial charge in [-0.1, -0.05) is 39.3 Å². The maximum atomic E-state index is 12.9. The maximum Gasteiger partial charge on any atom is 0.258 e. The molecule has 1 amide bonds. The molecule has 5 rings (SSSR count). The van der Waals surface area contributed by atoms with Crippen LogP contribution < -0.4 is 10.6 Å². The van der Waals surface area contributed by atoms with Gasteiger partial charge < -0.3 is 20.4 Å². The zero-order valence-electron chi connectivity index (χ0n) is 18.9. The second-order valence-electron chi connectivity index (χ2n) is 8.87. The molecule has 3 aliphatic rings. The molecule has 2 N–H and O–H groups in total. The molecule has 0 bridgehead atoms. The highest BCUT2D eigenvalue weighted by Crippen LogP contribution is 2.40. The van der Waals surface area contributed by atoms with Gasteiger partial charge >= 0.3 is 0 Å². The van der Waals surface area contributed by atoms with Gasteiger partial charge in [-0.3, -0.25) is 9.69 Å². The molecule has 0 unspecified atom stereocenters. The summed E-state index contributed by atoms with van der Waals surface area (Å²) in [6.45, 7) is 3.51. The first kappa shape index (κ1) is 22.1. The minimum atomic E-state index is -0.144. The van der Waals surface area contributed by atoms with Crippen molar-refractivity contribution in [1.29, 1.82) is 0 Å². The van der Waals surface area contributed by atoms with Crippen molar-refractivity contribution >= 4 is 44.5 Å². The molecule has 0 aromatic heterocycles. The number of rotatable bonds is 5. The summed E-state index contributed by atoms with van der Waals surface area (Å²) < 4.78 is 0.916.